The number of carbonyl (C=O) groups excluding carboxylic acids is 1. The maximum absolute atomic E-state index is 12.8. The van der Waals surface area contributed by atoms with E-state index in [9.17, 15) is 14.9 Å². The van der Waals surface area contributed by atoms with Gasteiger partial charge in [0.2, 0.25) is 0 Å². The van der Waals surface area contributed by atoms with Gasteiger partial charge in [0.1, 0.15) is 0 Å². The van der Waals surface area contributed by atoms with Crippen molar-refractivity contribution in [3.63, 3.8) is 0 Å². The molecule has 1 amide bonds. The maximum Gasteiger partial charge on any atom is 0.272 e. The average Bonchev–Trinajstić information content (AvgIpc) is 2.71. The number of nitro groups is 1. The number of nitrogens with two attached hydrogens (primary N) is 1. The van der Waals surface area contributed by atoms with E-state index in [-0.39, 0.29) is 34.6 Å². The van der Waals surface area contributed by atoms with Crippen LogP contribution in [0.4, 0.5) is 11.4 Å². The first-order chi connectivity index (χ1) is 14.0. The fourth-order valence-corrected chi connectivity index (χ4v) is 4.13. The SMILES string of the molecule is CCOc1c(N)cc([N+](=O)[O-])cc1C(=O)NC1CCN(CC2CC=CCC2)CC1. The molecule has 1 unspecified atom stereocenters. The van der Waals surface area contributed by atoms with Crippen molar-refractivity contribution in [2.24, 2.45) is 5.92 Å². The van der Waals surface area contributed by atoms with Gasteiger partial charge in [0.05, 0.1) is 22.8 Å². The molecule has 3 N–H and O–H groups in total. The Labute approximate surface area is 171 Å². The van der Waals surface area contributed by atoms with E-state index in [0.29, 0.717) is 6.61 Å². The number of nitrogens with one attached hydrogen (secondary N) is 1. The summed E-state index contributed by atoms with van der Waals surface area (Å²) in [5, 5.41) is 14.2. The summed E-state index contributed by atoms with van der Waals surface area (Å²) in [4.78, 5) is 25.9. The molecule has 29 heavy (non-hydrogen) atoms. The number of non-ortho nitro benzene ring substituents is 1. The Morgan fingerprint density at radius 2 is 2.07 bits per heavy atom. The lowest BCUT2D eigenvalue weighted by atomic mass is 9.93. The van der Waals surface area contributed by atoms with E-state index in [1.54, 1.807) is 6.92 Å². The molecule has 1 aliphatic carbocycles. The van der Waals surface area contributed by atoms with Crippen molar-refractivity contribution in [3.8, 4) is 5.75 Å². The highest BCUT2D eigenvalue weighted by molar-refractivity contribution is 5.99. The Morgan fingerprint density at radius 1 is 1.31 bits per heavy atom. The third-order valence-electron chi connectivity index (χ3n) is 5.66. The van der Waals surface area contributed by atoms with Gasteiger partial charge in [-0.1, -0.05) is 12.2 Å². The first-order valence-corrected chi connectivity index (χ1v) is 10.4. The molecule has 0 saturated carbocycles. The second-order valence-electron chi connectivity index (χ2n) is 7.80. The normalized spacial score (nSPS) is 20.4. The van der Waals surface area contributed by atoms with Gasteiger partial charge in [0.15, 0.2) is 5.75 Å². The van der Waals surface area contributed by atoms with Crippen molar-refractivity contribution in [2.75, 3.05) is 32.0 Å². The number of ether oxygens (including phenoxy) is 1. The second-order valence-corrected chi connectivity index (χ2v) is 7.80. The van der Waals surface area contributed by atoms with Gasteiger partial charge in [0, 0.05) is 37.8 Å². The zero-order valence-corrected chi connectivity index (χ0v) is 16.9. The van der Waals surface area contributed by atoms with Gasteiger partial charge in [-0.2, -0.15) is 0 Å². The quantitative estimate of drug-likeness (QED) is 0.314. The number of likely N-dealkylation sites (tertiary alicyclic amines) is 1. The number of allylic oxidation sites excluding steroid dienone is 2. The van der Waals surface area contributed by atoms with Gasteiger partial charge in [-0.15, -0.1) is 0 Å². The van der Waals surface area contributed by atoms with Crippen LogP contribution in [0.15, 0.2) is 24.3 Å². The predicted octanol–water partition coefficient (Wildman–Crippen LogP) is 3.13. The van der Waals surface area contributed by atoms with Crippen LogP contribution in [0.5, 0.6) is 5.75 Å². The number of hydrogen-bond acceptors (Lipinski definition) is 6. The van der Waals surface area contributed by atoms with Crippen LogP contribution in [-0.2, 0) is 0 Å². The average molecular weight is 402 g/mol. The Morgan fingerprint density at radius 3 is 2.69 bits per heavy atom. The highest BCUT2D eigenvalue weighted by Crippen LogP contribution is 2.32. The minimum atomic E-state index is -0.554. The zero-order valence-electron chi connectivity index (χ0n) is 16.9. The van der Waals surface area contributed by atoms with Gasteiger partial charge in [-0.3, -0.25) is 14.9 Å². The van der Waals surface area contributed by atoms with E-state index in [2.05, 4.69) is 22.4 Å². The molecular formula is C21H30N4O4. The van der Waals surface area contributed by atoms with Crippen LogP contribution in [0.2, 0.25) is 0 Å². The molecule has 1 aromatic carbocycles. The number of rotatable bonds is 7. The molecule has 1 fully saturated rings. The fraction of sp³-hybridized carbons (Fsp3) is 0.571. The van der Waals surface area contributed by atoms with Crippen LogP contribution in [0.3, 0.4) is 0 Å². The number of benzene rings is 1. The fourth-order valence-electron chi connectivity index (χ4n) is 4.13. The topological polar surface area (TPSA) is 111 Å². The third kappa shape index (κ3) is 5.47. The molecule has 0 spiro atoms. The highest BCUT2D eigenvalue weighted by atomic mass is 16.6. The first kappa shape index (κ1) is 21.1. The van der Waals surface area contributed by atoms with E-state index in [0.717, 1.165) is 44.8 Å². The third-order valence-corrected chi connectivity index (χ3v) is 5.66. The van der Waals surface area contributed by atoms with E-state index in [4.69, 9.17) is 10.5 Å². The van der Waals surface area contributed by atoms with Crippen LogP contribution in [-0.4, -0.2) is 48.0 Å². The molecule has 2 aliphatic rings. The first-order valence-electron chi connectivity index (χ1n) is 10.4. The number of nitrogen functional groups attached to an aromatic ring is 1. The van der Waals surface area contributed by atoms with Gasteiger partial charge in [-0.05, 0) is 44.9 Å². The van der Waals surface area contributed by atoms with Gasteiger partial charge in [0.25, 0.3) is 11.6 Å². The van der Waals surface area contributed by atoms with E-state index < -0.39 is 4.92 Å². The summed E-state index contributed by atoms with van der Waals surface area (Å²) in [5.41, 5.74) is 5.91. The summed E-state index contributed by atoms with van der Waals surface area (Å²) < 4.78 is 5.49. The highest BCUT2D eigenvalue weighted by Gasteiger charge is 2.26. The molecule has 1 heterocycles. The van der Waals surface area contributed by atoms with Crippen LogP contribution in [0, 0.1) is 16.0 Å². The number of anilines is 1. The Hall–Kier alpha value is -2.61. The van der Waals surface area contributed by atoms with Crippen molar-refractivity contribution in [1.29, 1.82) is 0 Å². The van der Waals surface area contributed by atoms with Crippen LogP contribution < -0.4 is 15.8 Å². The van der Waals surface area contributed by atoms with Crippen molar-refractivity contribution in [3.05, 3.63) is 40.0 Å². The molecule has 3 rings (SSSR count). The lowest BCUT2D eigenvalue weighted by Gasteiger charge is -2.35. The summed E-state index contributed by atoms with van der Waals surface area (Å²) in [5.74, 6) is 0.561. The number of carbonyl (C=O) groups is 1. The number of hydrogen-bond donors (Lipinski definition) is 2. The number of piperidine rings is 1. The van der Waals surface area contributed by atoms with Crippen molar-refractivity contribution in [2.45, 2.75) is 45.1 Å². The summed E-state index contributed by atoms with van der Waals surface area (Å²) in [7, 11) is 0. The van der Waals surface area contributed by atoms with Gasteiger partial charge in [-0.25, -0.2) is 0 Å². The largest absolute Gasteiger partial charge is 0.491 e. The van der Waals surface area contributed by atoms with E-state index >= 15 is 0 Å². The lowest BCUT2D eigenvalue weighted by molar-refractivity contribution is -0.384. The van der Waals surface area contributed by atoms with Gasteiger partial charge < -0.3 is 20.7 Å². The molecule has 1 aliphatic heterocycles. The Kier molecular flexibility index (Phi) is 7.09. The number of nitro benzene ring substituents is 1. The summed E-state index contributed by atoms with van der Waals surface area (Å²) in [6, 6.07) is 2.50. The molecule has 158 valence electrons. The molecule has 8 heteroatoms. The van der Waals surface area contributed by atoms with Crippen LogP contribution in [0.25, 0.3) is 0 Å². The summed E-state index contributed by atoms with van der Waals surface area (Å²) in [6.45, 7) is 5.10. The molecular weight excluding hydrogens is 372 g/mol. The number of nitrogens with zero attached hydrogens (tertiary/aromatic N) is 2. The standard InChI is InChI=1S/C21H30N4O4/c1-2-29-20-18(12-17(25(27)28)13-19(20)22)21(26)23-16-8-10-24(11-9-16)14-15-6-4-3-5-7-15/h3-4,12-13,15-16H,2,5-11,14,22H2,1H3,(H,23,26). The zero-order chi connectivity index (χ0) is 20.8. The molecule has 0 radical (unpaired) electrons. The monoisotopic (exact) mass is 402 g/mol. The second kappa shape index (κ2) is 9.73. The Bertz CT molecular complexity index is 772. The molecule has 1 aromatic rings. The predicted molar refractivity (Wildman–Crippen MR) is 112 cm³/mol. The van der Waals surface area contributed by atoms with Crippen LogP contribution >= 0.6 is 0 Å². The number of amides is 1. The van der Waals surface area contributed by atoms with Crippen LogP contribution in [0.1, 0.15) is 49.4 Å². The van der Waals surface area contributed by atoms with Crippen molar-refractivity contribution < 1.29 is 14.5 Å². The van der Waals surface area contributed by atoms with Crippen molar-refractivity contribution in [1.82, 2.24) is 10.2 Å². The minimum absolute atomic E-state index is 0.0416. The summed E-state index contributed by atoms with van der Waals surface area (Å²) in [6.07, 6.45) is 9.85. The molecule has 0 bridgehead atoms. The Balaban J connectivity index is 1.60. The smallest absolute Gasteiger partial charge is 0.272 e. The molecule has 0 aromatic heterocycles. The maximum atomic E-state index is 12.8. The lowest BCUT2D eigenvalue weighted by Crippen LogP contribution is -2.46. The summed E-state index contributed by atoms with van der Waals surface area (Å²) >= 11 is 0. The molecule has 1 atom stereocenters. The van der Waals surface area contributed by atoms with E-state index in [1.165, 1.54) is 25.0 Å². The minimum Gasteiger partial charge on any atom is -0.491 e. The van der Waals surface area contributed by atoms with E-state index in [1.807, 2.05) is 0 Å². The molecule has 8 nitrogen and oxygen atoms in total. The van der Waals surface area contributed by atoms with Crippen molar-refractivity contribution >= 4 is 17.3 Å². The van der Waals surface area contributed by atoms with Gasteiger partial charge >= 0.3 is 0 Å². The molecule has 1 saturated heterocycles.